The van der Waals surface area contributed by atoms with Gasteiger partial charge in [0.1, 0.15) is 5.82 Å². The third-order valence-corrected chi connectivity index (χ3v) is 2.29. The molecule has 0 heterocycles. The topological polar surface area (TPSA) is 43.1 Å². The number of hydrogen-bond donors (Lipinski definition) is 1. The number of carbonyl (C=O) groups excluding carboxylic acids is 1. The van der Waals surface area contributed by atoms with Gasteiger partial charge in [-0.2, -0.15) is 0 Å². The first-order valence-corrected chi connectivity index (χ1v) is 4.13. The van der Waals surface area contributed by atoms with E-state index in [0.717, 1.165) is 6.07 Å². The highest BCUT2D eigenvalue weighted by molar-refractivity contribution is 6.32. The minimum absolute atomic E-state index is 0.0145. The van der Waals surface area contributed by atoms with Crippen molar-refractivity contribution >= 4 is 17.4 Å². The highest BCUT2D eigenvalue weighted by Crippen LogP contribution is 2.22. The number of halogens is 2. The first-order valence-electron chi connectivity index (χ1n) is 3.75. The summed E-state index contributed by atoms with van der Waals surface area (Å²) in [5, 5.41) is -0.0145. The monoisotopic (exact) mass is 201 g/mol. The van der Waals surface area contributed by atoms with Crippen LogP contribution in [0, 0.1) is 12.7 Å². The van der Waals surface area contributed by atoms with E-state index < -0.39 is 5.82 Å². The molecule has 0 aliphatic rings. The van der Waals surface area contributed by atoms with Crippen LogP contribution in [0.25, 0.3) is 0 Å². The van der Waals surface area contributed by atoms with Crippen LogP contribution in [-0.4, -0.2) is 12.3 Å². The van der Waals surface area contributed by atoms with Gasteiger partial charge in [0.25, 0.3) is 0 Å². The molecule has 0 spiro atoms. The molecule has 0 bridgehead atoms. The summed E-state index contributed by atoms with van der Waals surface area (Å²) in [7, 11) is 0. The summed E-state index contributed by atoms with van der Waals surface area (Å²) < 4.78 is 12.9. The molecule has 0 radical (unpaired) electrons. The Morgan fingerprint density at radius 1 is 1.62 bits per heavy atom. The fourth-order valence-corrected chi connectivity index (χ4v) is 1.23. The molecule has 13 heavy (non-hydrogen) atoms. The van der Waals surface area contributed by atoms with Gasteiger partial charge in [0, 0.05) is 5.56 Å². The molecule has 0 unspecified atom stereocenters. The van der Waals surface area contributed by atoms with Gasteiger partial charge in [-0.05, 0) is 24.6 Å². The van der Waals surface area contributed by atoms with Crippen LogP contribution in [0.1, 0.15) is 15.9 Å². The van der Waals surface area contributed by atoms with Gasteiger partial charge in [0.05, 0.1) is 11.6 Å². The lowest BCUT2D eigenvalue weighted by Crippen LogP contribution is -2.15. The van der Waals surface area contributed by atoms with E-state index in [1.807, 2.05) is 0 Å². The molecule has 1 aromatic rings. The van der Waals surface area contributed by atoms with E-state index >= 15 is 0 Å². The molecule has 2 N–H and O–H groups in total. The highest BCUT2D eigenvalue weighted by atomic mass is 35.5. The number of Topliss-reactive ketones (excluding diaryl/α,β-unsaturated/α-hetero) is 1. The molecule has 0 fully saturated rings. The van der Waals surface area contributed by atoms with Gasteiger partial charge in [-0.15, -0.1) is 0 Å². The van der Waals surface area contributed by atoms with Crippen molar-refractivity contribution in [3.63, 3.8) is 0 Å². The zero-order valence-corrected chi connectivity index (χ0v) is 7.86. The number of carbonyl (C=O) groups is 1. The lowest BCUT2D eigenvalue weighted by molar-refractivity contribution is 0.100. The molecular weight excluding hydrogens is 193 g/mol. The minimum Gasteiger partial charge on any atom is -0.324 e. The van der Waals surface area contributed by atoms with Crippen molar-refractivity contribution in [3.05, 3.63) is 34.1 Å². The Kier molecular flexibility index (Phi) is 3.01. The van der Waals surface area contributed by atoms with Gasteiger partial charge in [-0.1, -0.05) is 11.6 Å². The zero-order chi connectivity index (χ0) is 10.0. The standard InChI is InChI=1S/C9H9ClFNO/c1-5-6(8(13)4-12)2-3-7(11)9(5)10/h2-3H,4,12H2,1H3. The Bertz CT molecular complexity index is 352. The van der Waals surface area contributed by atoms with Crippen LogP contribution < -0.4 is 5.73 Å². The van der Waals surface area contributed by atoms with Crippen molar-refractivity contribution in [1.82, 2.24) is 0 Å². The number of benzene rings is 1. The van der Waals surface area contributed by atoms with E-state index in [0.29, 0.717) is 11.1 Å². The van der Waals surface area contributed by atoms with Gasteiger partial charge in [-0.25, -0.2) is 4.39 Å². The summed E-state index contributed by atoms with van der Waals surface area (Å²) >= 11 is 5.62. The molecule has 1 aromatic carbocycles. The number of rotatable bonds is 2. The Morgan fingerprint density at radius 2 is 2.23 bits per heavy atom. The molecule has 1 rings (SSSR count). The van der Waals surface area contributed by atoms with Crippen LogP contribution in [0.3, 0.4) is 0 Å². The second kappa shape index (κ2) is 3.85. The van der Waals surface area contributed by atoms with Crippen molar-refractivity contribution < 1.29 is 9.18 Å². The quantitative estimate of drug-likeness (QED) is 0.743. The highest BCUT2D eigenvalue weighted by Gasteiger charge is 2.12. The van der Waals surface area contributed by atoms with Crippen LogP contribution in [0.15, 0.2) is 12.1 Å². The number of ketones is 1. The van der Waals surface area contributed by atoms with Crippen LogP contribution in [-0.2, 0) is 0 Å². The molecule has 0 saturated heterocycles. The van der Waals surface area contributed by atoms with E-state index in [1.54, 1.807) is 6.92 Å². The van der Waals surface area contributed by atoms with E-state index in [9.17, 15) is 9.18 Å². The largest absolute Gasteiger partial charge is 0.324 e. The summed E-state index contributed by atoms with van der Waals surface area (Å²) in [6, 6.07) is 2.56. The molecule has 0 saturated carbocycles. The molecule has 2 nitrogen and oxygen atoms in total. The fraction of sp³-hybridized carbons (Fsp3) is 0.222. The second-order valence-corrected chi connectivity index (χ2v) is 3.04. The smallest absolute Gasteiger partial charge is 0.176 e. The Labute approximate surface area is 80.5 Å². The van der Waals surface area contributed by atoms with E-state index in [-0.39, 0.29) is 17.4 Å². The number of hydrogen-bond acceptors (Lipinski definition) is 2. The van der Waals surface area contributed by atoms with Crippen molar-refractivity contribution in [2.24, 2.45) is 5.73 Å². The van der Waals surface area contributed by atoms with E-state index in [1.165, 1.54) is 6.07 Å². The predicted molar refractivity (Wildman–Crippen MR) is 49.5 cm³/mol. The normalized spacial score (nSPS) is 10.2. The molecular formula is C9H9ClFNO. The Hall–Kier alpha value is -0.930. The predicted octanol–water partition coefficient (Wildman–Crippen LogP) is 1.93. The molecule has 0 aliphatic heterocycles. The van der Waals surface area contributed by atoms with Gasteiger partial charge in [0.15, 0.2) is 5.78 Å². The average Bonchev–Trinajstić information content (AvgIpc) is 2.13. The summed E-state index contributed by atoms with van der Waals surface area (Å²) in [5.74, 6) is -0.757. The van der Waals surface area contributed by atoms with Gasteiger partial charge in [0.2, 0.25) is 0 Å². The SMILES string of the molecule is Cc1c(C(=O)CN)ccc(F)c1Cl. The van der Waals surface area contributed by atoms with Crippen LogP contribution in [0.4, 0.5) is 4.39 Å². The maximum atomic E-state index is 12.9. The third-order valence-electron chi connectivity index (χ3n) is 1.83. The lowest BCUT2D eigenvalue weighted by Gasteiger charge is -2.05. The molecule has 4 heteroatoms. The fourth-order valence-electron chi connectivity index (χ4n) is 1.06. The maximum Gasteiger partial charge on any atom is 0.176 e. The Balaban J connectivity index is 3.26. The minimum atomic E-state index is -0.521. The van der Waals surface area contributed by atoms with E-state index in [2.05, 4.69) is 0 Å². The summed E-state index contributed by atoms with van der Waals surface area (Å²) in [5.41, 5.74) is 6.00. The average molecular weight is 202 g/mol. The third kappa shape index (κ3) is 1.87. The van der Waals surface area contributed by atoms with Gasteiger partial charge < -0.3 is 5.73 Å². The van der Waals surface area contributed by atoms with Crippen LogP contribution in [0.5, 0.6) is 0 Å². The first kappa shape index (κ1) is 10.2. The summed E-state index contributed by atoms with van der Waals surface area (Å²) in [6.07, 6.45) is 0. The molecule has 0 amide bonds. The molecule has 0 aliphatic carbocycles. The lowest BCUT2D eigenvalue weighted by atomic mass is 10.0. The Morgan fingerprint density at radius 3 is 2.77 bits per heavy atom. The van der Waals surface area contributed by atoms with Crippen molar-refractivity contribution in [2.75, 3.05) is 6.54 Å². The zero-order valence-electron chi connectivity index (χ0n) is 7.10. The summed E-state index contributed by atoms with van der Waals surface area (Å²) in [4.78, 5) is 11.2. The maximum absolute atomic E-state index is 12.9. The van der Waals surface area contributed by atoms with Crippen LogP contribution >= 0.6 is 11.6 Å². The summed E-state index contributed by atoms with van der Waals surface area (Å²) in [6.45, 7) is 1.50. The van der Waals surface area contributed by atoms with Crippen molar-refractivity contribution in [1.29, 1.82) is 0 Å². The van der Waals surface area contributed by atoms with Crippen molar-refractivity contribution in [3.8, 4) is 0 Å². The van der Waals surface area contributed by atoms with Crippen LogP contribution in [0.2, 0.25) is 5.02 Å². The number of nitrogens with two attached hydrogens (primary N) is 1. The van der Waals surface area contributed by atoms with Gasteiger partial charge >= 0.3 is 0 Å². The van der Waals surface area contributed by atoms with Crippen molar-refractivity contribution in [2.45, 2.75) is 6.92 Å². The molecule has 0 atom stereocenters. The van der Waals surface area contributed by atoms with Gasteiger partial charge in [-0.3, -0.25) is 4.79 Å². The molecule has 70 valence electrons. The second-order valence-electron chi connectivity index (χ2n) is 2.66. The molecule has 0 aromatic heterocycles. The first-order chi connectivity index (χ1) is 6.07. The van der Waals surface area contributed by atoms with E-state index in [4.69, 9.17) is 17.3 Å².